The Kier molecular flexibility index (Phi) is 6.04. The van der Waals surface area contributed by atoms with Crippen LogP contribution >= 0.6 is 0 Å². The molecule has 5 nitrogen and oxygen atoms in total. The van der Waals surface area contributed by atoms with Gasteiger partial charge in [0.15, 0.2) is 0 Å². The number of imidazole rings is 1. The van der Waals surface area contributed by atoms with E-state index in [9.17, 15) is 0 Å². The van der Waals surface area contributed by atoms with Gasteiger partial charge in [-0.2, -0.15) is 0 Å². The van der Waals surface area contributed by atoms with E-state index in [0.29, 0.717) is 0 Å². The van der Waals surface area contributed by atoms with Crippen molar-refractivity contribution in [2.45, 2.75) is 45.4 Å². The first-order chi connectivity index (χ1) is 23.2. The Hall–Kier alpha value is -5.68. The Labute approximate surface area is 280 Å². The molecule has 0 N–H and O–H groups in total. The van der Waals surface area contributed by atoms with Gasteiger partial charge >= 0.3 is 0 Å². The minimum Gasteiger partial charge on any atom is -0.458 e. The lowest BCUT2D eigenvalue weighted by Crippen LogP contribution is -2.40. The predicted octanol–water partition coefficient (Wildman–Crippen LogP) is 9.93. The molecule has 0 saturated carbocycles. The molecule has 1 aliphatic heterocycles. The lowest BCUT2D eigenvalue weighted by atomic mass is 9.75. The van der Waals surface area contributed by atoms with Crippen molar-refractivity contribution in [1.29, 1.82) is 0 Å². The van der Waals surface area contributed by atoms with Gasteiger partial charge in [0.05, 0.1) is 33.4 Å². The molecule has 1 aliphatic rings. The zero-order valence-electron chi connectivity index (χ0n) is 27.8. The molecule has 0 amide bonds. The third kappa shape index (κ3) is 4.24. The fourth-order valence-electron chi connectivity index (χ4n) is 7.46. The first kappa shape index (κ1) is 28.5. The smallest absolute Gasteiger partial charge is 0.269 e. The van der Waals surface area contributed by atoms with Crippen LogP contribution in [0.25, 0.3) is 50.0 Å². The van der Waals surface area contributed by atoms with Gasteiger partial charge in [0.2, 0.25) is 0 Å². The number of ether oxygens (including phenoxy) is 1. The van der Waals surface area contributed by atoms with E-state index < -0.39 is 0 Å². The van der Waals surface area contributed by atoms with Gasteiger partial charge in [-0.1, -0.05) is 95.3 Å². The van der Waals surface area contributed by atoms with E-state index in [2.05, 4.69) is 164 Å². The van der Waals surface area contributed by atoms with Crippen molar-refractivity contribution in [2.75, 3.05) is 0 Å². The molecule has 0 saturated heterocycles. The average molecular weight is 625 g/mol. The summed E-state index contributed by atoms with van der Waals surface area (Å²) >= 11 is 0. The number of nitrogens with zero attached hydrogens (tertiary/aromatic N) is 4. The first-order valence-corrected chi connectivity index (χ1v) is 16.6. The molecule has 4 heterocycles. The summed E-state index contributed by atoms with van der Waals surface area (Å²) in [4.78, 5) is 4.84. The van der Waals surface area contributed by atoms with Gasteiger partial charge in [0.1, 0.15) is 17.3 Å². The van der Waals surface area contributed by atoms with Crippen LogP contribution in [0.1, 0.15) is 51.3 Å². The van der Waals surface area contributed by atoms with Gasteiger partial charge in [0, 0.05) is 28.5 Å². The average Bonchev–Trinajstić information content (AvgIpc) is 3.64. The van der Waals surface area contributed by atoms with Crippen molar-refractivity contribution in [2.24, 2.45) is 0 Å². The van der Waals surface area contributed by atoms with Crippen LogP contribution in [0.3, 0.4) is 0 Å². The third-order valence-electron chi connectivity index (χ3n) is 9.97. The van der Waals surface area contributed by atoms with Crippen LogP contribution in [0.4, 0.5) is 0 Å². The molecular weight excluding hydrogens is 589 g/mol. The van der Waals surface area contributed by atoms with Crippen molar-refractivity contribution in [3.63, 3.8) is 0 Å². The SMILES string of the molecule is CC(C)(C)c1ccnc(-n2c3ccccc3c3ccc(Oc4cccc(-n5[c-][n+]6c7c(cccc75)C(C)(C)c5ccccc5-6)c4)cc32)c1. The molecule has 5 heteroatoms. The summed E-state index contributed by atoms with van der Waals surface area (Å²) in [6.07, 6.45) is 5.59. The molecule has 0 unspecified atom stereocenters. The summed E-state index contributed by atoms with van der Waals surface area (Å²) in [5.41, 5.74) is 10.4. The Bertz CT molecular complexity index is 2560. The van der Waals surface area contributed by atoms with E-state index in [0.717, 1.165) is 44.9 Å². The standard InChI is InChI=1S/C43H36N4O/c1-42(2,3)28-22-23-44-40(24-28)47-36-17-8-6-14-32(36)33-21-20-31(26-39(33)47)48-30-13-10-12-29(25-30)45-27-46-37-18-9-7-15-34(37)43(4,5)35-16-11-19-38(45)41(35)46/h6-26H,1-5H3. The van der Waals surface area contributed by atoms with Gasteiger partial charge in [-0.25, -0.2) is 4.98 Å². The summed E-state index contributed by atoms with van der Waals surface area (Å²) in [6, 6.07) is 42.7. The van der Waals surface area contributed by atoms with Crippen molar-refractivity contribution >= 4 is 32.8 Å². The van der Waals surface area contributed by atoms with Crippen molar-refractivity contribution in [1.82, 2.24) is 14.1 Å². The largest absolute Gasteiger partial charge is 0.458 e. The number of hydrogen-bond donors (Lipinski definition) is 0. The molecule has 234 valence electrons. The van der Waals surface area contributed by atoms with Crippen molar-refractivity contribution in [3.05, 3.63) is 151 Å². The lowest BCUT2D eigenvalue weighted by molar-refractivity contribution is -0.575. The summed E-state index contributed by atoms with van der Waals surface area (Å²) in [5.74, 6) is 2.43. The number of aromatic nitrogens is 4. The number of para-hydroxylation sites is 3. The second-order valence-electron chi connectivity index (χ2n) is 14.4. The van der Waals surface area contributed by atoms with E-state index in [4.69, 9.17) is 9.72 Å². The molecule has 9 rings (SSSR count). The predicted molar refractivity (Wildman–Crippen MR) is 193 cm³/mol. The Morgan fingerprint density at radius 1 is 0.688 bits per heavy atom. The number of rotatable bonds is 4. The first-order valence-electron chi connectivity index (χ1n) is 16.6. The molecule has 3 aromatic heterocycles. The molecule has 0 spiro atoms. The molecule has 48 heavy (non-hydrogen) atoms. The second kappa shape index (κ2) is 10.2. The van der Waals surface area contributed by atoms with Crippen molar-refractivity contribution in [3.8, 4) is 28.7 Å². The third-order valence-corrected chi connectivity index (χ3v) is 9.97. The Morgan fingerprint density at radius 3 is 2.29 bits per heavy atom. The van der Waals surface area contributed by atoms with Crippen molar-refractivity contribution < 1.29 is 9.30 Å². The Morgan fingerprint density at radius 2 is 1.42 bits per heavy atom. The topological polar surface area (TPSA) is 35.9 Å². The molecule has 0 fully saturated rings. The number of pyridine rings is 1. The van der Waals surface area contributed by atoms with Crippen LogP contribution in [0, 0.1) is 6.33 Å². The number of hydrogen-bond acceptors (Lipinski definition) is 2. The minimum atomic E-state index is -0.119. The van der Waals surface area contributed by atoms with Gasteiger partial charge in [-0.15, -0.1) is 0 Å². The zero-order valence-corrected chi connectivity index (χ0v) is 27.8. The lowest BCUT2D eigenvalue weighted by Gasteiger charge is -2.34. The van der Waals surface area contributed by atoms with E-state index in [1.807, 2.05) is 18.3 Å². The molecule has 0 aliphatic carbocycles. The zero-order chi connectivity index (χ0) is 32.8. The highest BCUT2D eigenvalue weighted by Gasteiger charge is 2.34. The van der Waals surface area contributed by atoms with Gasteiger partial charge < -0.3 is 4.74 Å². The summed E-state index contributed by atoms with van der Waals surface area (Å²) in [7, 11) is 0. The van der Waals surface area contributed by atoms with E-state index in [1.165, 1.54) is 33.3 Å². The minimum absolute atomic E-state index is 0.0103. The van der Waals surface area contributed by atoms with Gasteiger partial charge in [-0.05, 0) is 76.7 Å². The van der Waals surface area contributed by atoms with Crippen LogP contribution < -0.4 is 9.30 Å². The normalized spacial score (nSPS) is 13.7. The van der Waals surface area contributed by atoms with Crippen LogP contribution in [0.2, 0.25) is 0 Å². The van der Waals surface area contributed by atoms with Crippen LogP contribution in [0.5, 0.6) is 11.5 Å². The highest BCUT2D eigenvalue weighted by atomic mass is 16.5. The maximum absolute atomic E-state index is 6.62. The molecular formula is C43H36N4O. The summed E-state index contributed by atoms with van der Waals surface area (Å²) in [5, 5.41) is 2.35. The highest BCUT2D eigenvalue weighted by Crippen LogP contribution is 2.41. The fourth-order valence-corrected chi connectivity index (χ4v) is 7.46. The maximum atomic E-state index is 6.62. The maximum Gasteiger partial charge on any atom is 0.269 e. The molecule has 8 aromatic rings. The fraction of sp³-hybridized carbons (Fsp3) is 0.163. The van der Waals surface area contributed by atoms with Crippen LogP contribution in [0.15, 0.2) is 128 Å². The molecule has 0 bridgehead atoms. The monoisotopic (exact) mass is 624 g/mol. The van der Waals surface area contributed by atoms with Gasteiger partial charge in [-0.3, -0.25) is 13.7 Å². The van der Waals surface area contributed by atoms with E-state index in [1.54, 1.807) is 0 Å². The molecule has 5 aromatic carbocycles. The van der Waals surface area contributed by atoms with E-state index in [-0.39, 0.29) is 10.8 Å². The summed E-state index contributed by atoms with van der Waals surface area (Å²) in [6.45, 7) is 11.3. The number of fused-ring (bicyclic) bond motifs is 5. The highest BCUT2D eigenvalue weighted by molar-refractivity contribution is 6.09. The van der Waals surface area contributed by atoms with Crippen LogP contribution in [-0.2, 0) is 10.8 Å². The van der Waals surface area contributed by atoms with Crippen LogP contribution in [-0.4, -0.2) is 14.1 Å². The molecule has 0 radical (unpaired) electrons. The van der Waals surface area contributed by atoms with E-state index >= 15 is 0 Å². The quantitative estimate of drug-likeness (QED) is 0.144. The summed E-state index contributed by atoms with van der Waals surface area (Å²) < 4.78 is 13.2. The van der Waals surface area contributed by atoms with Gasteiger partial charge in [0.25, 0.3) is 6.33 Å². The number of benzene rings is 5. The second-order valence-corrected chi connectivity index (χ2v) is 14.4. The Balaban J connectivity index is 1.15. The molecule has 0 atom stereocenters.